The zero-order chi connectivity index (χ0) is 20.5. The van der Waals surface area contributed by atoms with E-state index >= 15 is 0 Å². The number of para-hydroxylation sites is 1. The molecule has 3 aromatic rings. The van der Waals surface area contributed by atoms with E-state index in [0.717, 1.165) is 10.9 Å². The summed E-state index contributed by atoms with van der Waals surface area (Å²) in [4.78, 5) is 13.0. The normalized spacial score (nSPS) is 11.9. The van der Waals surface area contributed by atoms with Crippen molar-refractivity contribution in [1.82, 2.24) is 8.87 Å². The summed E-state index contributed by atoms with van der Waals surface area (Å²) < 4.78 is 28.5. The number of hydrogen-bond donors (Lipinski definition) is 1. The summed E-state index contributed by atoms with van der Waals surface area (Å²) >= 11 is 6.42. The van der Waals surface area contributed by atoms with Crippen molar-refractivity contribution in [2.75, 3.05) is 18.4 Å². The first kappa shape index (κ1) is 20.4. The molecule has 2 aromatic carbocycles. The Bertz CT molecular complexity index is 1100. The Hall–Kier alpha value is -2.35. The lowest BCUT2D eigenvalue weighted by molar-refractivity contribution is 0.102. The maximum atomic E-state index is 12.9. The van der Waals surface area contributed by atoms with Gasteiger partial charge in [0.25, 0.3) is 5.91 Å². The Morgan fingerprint density at radius 2 is 1.79 bits per heavy atom. The molecule has 1 amide bonds. The monoisotopic (exact) mass is 419 g/mol. The molecule has 8 heteroatoms. The van der Waals surface area contributed by atoms with Gasteiger partial charge in [0.2, 0.25) is 10.0 Å². The van der Waals surface area contributed by atoms with Crippen molar-refractivity contribution >= 4 is 44.1 Å². The number of sulfonamides is 1. The molecule has 0 aliphatic carbocycles. The molecule has 0 bridgehead atoms. The predicted molar refractivity (Wildman–Crippen MR) is 112 cm³/mol. The summed E-state index contributed by atoms with van der Waals surface area (Å²) in [5.41, 5.74) is 1.55. The highest BCUT2D eigenvalue weighted by Gasteiger charge is 2.23. The molecule has 0 spiro atoms. The molecule has 0 unspecified atom stereocenters. The second-order valence-electron chi connectivity index (χ2n) is 6.31. The summed E-state index contributed by atoms with van der Waals surface area (Å²) in [6.07, 6.45) is 0. The van der Waals surface area contributed by atoms with E-state index in [-0.39, 0.29) is 4.90 Å². The zero-order valence-corrected chi connectivity index (χ0v) is 17.5. The predicted octanol–water partition coefficient (Wildman–Crippen LogP) is 4.11. The fourth-order valence-corrected chi connectivity index (χ4v) is 5.11. The minimum absolute atomic E-state index is 0.136. The van der Waals surface area contributed by atoms with Gasteiger partial charge in [0.15, 0.2) is 0 Å². The topological polar surface area (TPSA) is 71.4 Å². The van der Waals surface area contributed by atoms with Gasteiger partial charge in [-0.05, 0) is 24.3 Å². The SMILES string of the molecule is CCN(CC)S(=O)(=O)c1cccc(NC(=O)c2c(Cl)c3ccccc3n2C)c1. The van der Waals surface area contributed by atoms with Crippen LogP contribution in [0, 0.1) is 0 Å². The van der Waals surface area contributed by atoms with Gasteiger partial charge in [-0.2, -0.15) is 4.31 Å². The van der Waals surface area contributed by atoms with Crippen LogP contribution in [0.1, 0.15) is 24.3 Å². The van der Waals surface area contributed by atoms with Crippen molar-refractivity contribution in [3.05, 3.63) is 59.2 Å². The maximum Gasteiger partial charge on any atom is 0.273 e. The molecule has 0 aliphatic heterocycles. The van der Waals surface area contributed by atoms with Crippen molar-refractivity contribution in [1.29, 1.82) is 0 Å². The van der Waals surface area contributed by atoms with Crippen LogP contribution in [0.5, 0.6) is 0 Å². The van der Waals surface area contributed by atoms with E-state index in [1.165, 1.54) is 16.4 Å². The Morgan fingerprint density at radius 3 is 2.43 bits per heavy atom. The number of benzene rings is 2. The molecule has 0 saturated heterocycles. The van der Waals surface area contributed by atoms with Crippen LogP contribution in [-0.2, 0) is 17.1 Å². The third kappa shape index (κ3) is 3.53. The highest BCUT2D eigenvalue weighted by atomic mass is 35.5. The van der Waals surface area contributed by atoms with Crippen LogP contribution in [0.3, 0.4) is 0 Å². The number of rotatable bonds is 6. The number of halogens is 1. The van der Waals surface area contributed by atoms with E-state index in [2.05, 4.69) is 5.32 Å². The van der Waals surface area contributed by atoms with Crippen LogP contribution in [0.2, 0.25) is 5.02 Å². The summed E-state index contributed by atoms with van der Waals surface area (Å²) in [6, 6.07) is 13.7. The number of nitrogens with zero attached hydrogens (tertiary/aromatic N) is 2. The average Bonchev–Trinajstić information content (AvgIpc) is 2.94. The van der Waals surface area contributed by atoms with Gasteiger partial charge in [0.05, 0.1) is 9.92 Å². The van der Waals surface area contributed by atoms with E-state index in [9.17, 15) is 13.2 Å². The third-order valence-electron chi connectivity index (χ3n) is 4.70. The van der Waals surface area contributed by atoms with Crippen LogP contribution in [0.4, 0.5) is 5.69 Å². The molecule has 0 atom stereocenters. The first-order valence-corrected chi connectivity index (χ1v) is 10.8. The van der Waals surface area contributed by atoms with Crippen LogP contribution in [0.15, 0.2) is 53.4 Å². The van der Waals surface area contributed by atoms with E-state index in [4.69, 9.17) is 11.6 Å². The largest absolute Gasteiger partial charge is 0.338 e. The number of amides is 1. The van der Waals surface area contributed by atoms with E-state index in [1.807, 2.05) is 24.3 Å². The number of nitrogens with one attached hydrogen (secondary N) is 1. The quantitative estimate of drug-likeness (QED) is 0.653. The highest BCUT2D eigenvalue weighted by Crippen LogP contribution is 2.30. The molecule has 1 N–H and O–H groups in total. The van der Waals surface area contributed by atoms with E-state index in [1.54, 1.807) is 37.6 Å². The van der Waals surface area contributed by atoms with Gasteiger partial charge >= 0.3 is 0 Å². The minimum Gasteiger partial charge on any atom is -0.338 e. The van der Waals surface area contributed by atoms with Gasteiger partial charge in [0.1, 0.15) is 5.69 Å². The molecule has 28 heavy (non-hydrogen) atoms. The number of anilines is 1. The number of hydrogen-bond acceptors (Lipinski definition) is 3. The van der Waals surface area contributed by atoms with Crippen molar-refractivity contribution in [3.8, 4) is 0 Å². The second kappa shape index (κ2) is 7.95. The molecular formula is C20H22ClN3O3S. The van der Waals surface area contributed by atoms with Gasteiger partial charge in [-0.1, -0.05) is 49.7 Å². The van der Waals surface area contributed by atoms with Crippen LogP contribution in [0.25, 0.3) is 10.9 Å². The summed E-state index contributed by atoms with van der Waals surface area (Å²) in [6.45, 7) is 4.32. The van der Waals surface area contributed by atoms with Crippen molar-refractivity contribution in [3.63, 3.8) is 0 Å². The number of carbonyl (C=O) groups is 1. The lowest BCUT2D eigenvalue weighted by atomic mass is 10.2. The Labute approximate surface area is 169 Å². The zero-order valence-electron chi connectivity index (χ0n) is 15.9. The molecule has 0 radical (unpaired) electrons. The van der Waals surface area contributed by atoms with Crippen molar-refractivity contribution in [2.45, 2.75) is 18.7 Å². The first-order valence-electron chi connectivity index (χ1n) is 8.95. The molecule has 1 heterocycles. The Kier molecular flexibility index (Phi) is 5.79. The maximum absolute atomic E-state index is 12.9. The molecule has 6 nitrogen and oxygen atoms in total. The summed E-state index contributed by atoms with van der Waals surface area (Å²) in [7, 11) is -1.84. The minimum atomic E-state index is -3.61. The molecule has 1 aromatic heterocycles. The fraction of sp³-hybridized carbons (Fsp3) is 0.250. The standard InChI is InChI=1S/C20H22ClN3O3S/c1-4-24(5-2)28(26,27)15-10-8-9-14(13-15)22-20(25)19-18(21)16-11-6-7-12-17(16)23(19)3/h6-13H,4-5H2,1-3H3,(H,22,25). The third-order valence-corrected chi connectivity index (χ3v) is 7.12. The van der Waals surface area contributed by atoms with Crippen LogP contribution >= 0.6 is 11.6 Å². The van der Waals surface area contributed by atoms with E-state index in [0.29, 0.717) is 29.5 Å². The Balaban J connectivity index is 1.95. The molecule has 0 saturated carbocycles. The van der Waals surface area contributed by atoms with Gasteiger partial charge in [-0.15, -0.1) is 0 Å². The van der Waals surface area contributed by atoms with Gasteiger partial charge in [-0.3, -0.25) is 4.79 Å². The van der Waals surface area contributed by atoms with Crippen LogP contribution in [-0.4, -0.2) is 36.3 Å². The van der Waals surface area contributed by atoms with Crippen molar-refractivity contribution < 1.29 is 13.2 Å². The average molecular weight is 420 g/mol. The smallest absolute Gasteiger partial charge is 0.273 e. The number of aromatic nitrogens is 1. The number of fused-ring (bicyclic) bond motifs is 1. The molecule has 0 fully saturated rings. The molecule has 0 aliphatic rings. The second-order valence-corrected chi connectivity index (χ2v) is 8.63. The van der Waals surface area contributed by atoms with Crippen molar-refractivity contribution in [2.24, 2.45) is 7.05 Å². The molecule has 148 valence electrons. The van der Waals surface area contributed by atoms with Crippen LogP contribution < -0.4 is 5.32 Å². The first-order chi connectivity index (χ1) is 13.3. The lowest BCUT2D eigenvalue weighted by Gasteiger charge is -2.19. The Morgan fingerprint density at radius 1 is 1.11 bits per heavy atom. The molecular weight excluding hydrogens is 398 g/mol. The number of carbonyl (C=O) groups excluding carboxylic acids is 1. The van der Waals surface area contributed by atoms with Gasteiger partial charge < -0.3 is 9.88 Å². The molecule has 3 rings (SSSR count). The summed E-state index contributed by atoms with van der Waals surface area (Å²) in [5.74, 6) is -0.402. The fourth-order valence-electron chi connectivity index (χ4n) is 3.24. The van der Waals surface area contributed by atoms with Gasteiger partial charge in [0, 0.05) is 36.7 Å². The highest BCUT2D eigenvalue weighted by molar-refractivity contribution is 7.89. The summed E-state index contributed by atoms with van der Waals surface area (Å²) in [5, 5.41) is 3.91. The lowest BCUT2D eigenvalue weighted by Crippen LogP contribution is -2.30. The van der Waals surface area contributed by atoms with Gasteiger partial charge in [-0.25, -0.2) is 8.42 Å². The number of aryl methyl sites for hydroxylation is 1. The van der Waals surface area contributed by atoms with E-state index < -0.39 is 15.9 Å².